The molecule has 1 fully saturated rings. The van der Waals surface area contributed by atoms with Gasteiger partial charge >= 0.3 is 0 Å². The molecule has 42 heavy (non-hydrogen) atoms. The summed E-state index contributed by atoms with van der Waals surface area (Å²) in [6.07, 6.45) is 1.30. The van der Waals surface area contributed by atoms with Crippen LogP contribution in [0.2, 0.25) is 0 Å². The third-order valence-corrected chi connectivity index (χ3v) is 9.30. The van der Waals surface area contributed by atoms with E-state index in [2.05, 4.69) is 21.3 Å². The van der Waals surface area contributed by atoms with Crippen molar-refractivity contribution in [3.8, 4) is 0 Å². The van der Waals surface area contributed by atoms with Gasteiger partial charge in [-0.15, -0.1) is 0 Å². The molecule has 0 aliphatic carbocycles. The standard InChI is InChI=1S/C28H39N6O7P/c1-4-41-42(40,19-30-27(36)20(2)31-21(3)35)33-16-8-11-26(33)28(37)32-24(17-22-9-6-5-7-10-22)18-29-23-12-14-25(15-13-23)34(38)39/h5-7,9-10,12-15,20,24,26,29H,4,8,11,16-19H2,1-3H3,(H,30,36)(H,31,35)(H,32,37)/t20-,24-,26-,42+/m0/s1. The number of nitrogens with one attached hydrogen (secondary N) is 4. The summed E-state index contributed by atoms with van der Waals surface area (Å²) in [5, 5.41) is 22.4. The van der Waals surface area contributed by atoms with E-state index >= 15 is 0 Å². The topological polar surface area (TPSA) is 172 Å². The number of rotatable bonds is 15. The molecule has 14 heteroatoms. The van der Waals surface area contributed by atoms with Crippen molar-refractivity contribution in [3.05, 3.63) is 70.3 Å². The summed E-state index contributed by atoms with van der Waals surface area (Å²) < 4.78 is 21.2. The maximum Gasteiger partial charge on any atom is 0.291 e. The zero-order valence-corrected chi connectivity index (χ0v) is 25.0. The number of anilines is 1. The summed E-state index contributed by atoms with van der Waals surface area (Å²) in [5.41, 5.74) is 1.66. The molecule has 0 spiro atoms. The zero-order valence-electron chi connectivity index (χ0n) is 24.1. The first-order valence-electron chi connectivity index (χ1n) is 13.9. The molecule has 3 amide bonds. The Morgan fingerprint density at radius 3 is 2.43 bits per heavy atom. The first-order chi connectivity index (χ1) is 20.0. The second-order valence-corrected chi connectivity index (χ2v) is 12.4. The number of carbonyl (C=O) groups is 3. The van der Waals surface area contributed by atoms with E-state index < -0.39 is 30.4 Å². The Hall–Kier alpha value is -3.80. The van der Waals surface area contributed by atoms with Crippen LogP contribution >= 0.6 is 7.52 Å². The molecule has 0 aromatic heterocycles. The van der Waals surface area contributed by atoms with Gasteiger partial charge in [0, 0.05) is 37.8 Å². The van der Waals surface area contributed by atoms with E-state index in [1.165, 1.54) is 26.0 Å². The molecule has 2 aromatic carbocycles. The van der Waals surface area contributed by atoms with Gasteiger partial charge < -0.3 is 25.8 Å². The Balaban J connectivity index is 1.72. The minimum atomic E-state index is -3.63. The largest absolute Gasteiger partial charge is 0.383 e. The fourth-order valence-electron chi connectivity index (χ4n) is 4.81. The van der Waals surface area contributed by atoms with Gasteiger partial charge in [-0.05, 0) is 50.8 Å². The molecule has 0 unspecified atom stereocenters. The van der Waals surface area contributed by atoms with Crippen molar-refractivity contribution >= 4 is 36.6 Å². The van der Waals surface area contributed by atoms with E-state index in [1.807, 2.05) is 30.3 Å². The van der Waals surface area contributed by atoms with Crippen molar-refractivity contribution in [2.24, 2.45) is 0 Å². The molecular weight excluding hydrogens is 563 g/mol. The van der Waals surface area contributed by atoms with Crippen LogP contribution in [0.3, 0.4) is 0 Å². The number of benzene rings is 2. The first-order valence-corrected chi connectivity index (χ1v) is 15.7. The van der Waals surface area contributed by atoms with Gasteiger partial charge in [-0.2, -0.15) is 0 Å². The molecule has 3 rings (SSSR count). The highest BCUT2D eigenvalue weighted by Gasteiger charge is 2.43. The molecule has 0 radical (unpaired) electrons. The Labute approximate surface area is 245 Å². The fourth-order valence-corrected chi connectivity index (χ4v) is 7.08. The number of amides is 3. The monoisotopic (exact) mass is 602 g/mol. The molecule has 228 valence electrons. The van der Waals surface area contributed by atoms with Crippen LogP contribution in [0.1, 0.15) is 39.2 Å². The van der Waals surface area contributed by atoms with Crippen LogP contribution in [-0.4, -0.2) is 71.4 Å². The van der Waals surface area contributed by atoms with Gasteiger partial charge in [0.2, 0.25) is 17.7 Å². The Morgan fingerprint density at radius 1 is 1.12 bits per heavy atom. The predicted octanol–water partition coefficient (Wildman–Crippen LogP) is 3.03. The predicted molar refractivity (Wildman–Crippen MR) is 159 cm³/mol. The van der Waals surface area contributed by atoms with E-state index in [4.69, 9.17) is 4.52 Å². The van der Waals surface area contributed by atoms with Crippen molar-refractivity contribution in [2.75, 3.05) is 31.3 Å². The third-order valence-electron chi connectivity index (χ3n) is 6.82. The average molecular weight is 603 g/mol. The summed E-state index contributed by atoms with van der Waals surface area (Å²) in [7, 11) is -3.63. The highest BCUT2D eigenvalue weighted by molar-refractivity contribution is 7.56. The summed E-state index contributed by atoms with van der Waals surface area (Å²) >= 11 is 0. The maximum atomic E-state index is 14.0. The normalized spacial score (nSPS) is 17.8. The van der Waals surface area contributed by atoms with Crippen LogP contribution in [0.15, 0.2) is 54.6 Å². The summed E-state index contributed by atoms with van der Waals surface area (Å²) in [6.45, 7) is 5.33. The summed E-state index contributed by atoms with van der Waals surface area (Å²) in [6, 6.07) is 13.8. The van der Waals surface area contributed by atoms with Gasteiger partial charge in [-0.1, -0.05) is 30.3 Å². The number of hydrogen-bond acceptors (Lipinski definition) is 8. The van der Waals surface area contributed by atoms with Crippen LogP contribution in [0, 0.1) is 10.1 Å². The Kier molecular flexibility index (Phi) is 12.0. The van der Waals surface area contributed by atoms with Crippen molar-refractivity contribution in [3.63, 3.8) is 0 Å². The number of nitro groups is 1. The fraction of sp³-hybridized carbons (Fsp3) is 0.464. The summed E-state index contributed by atoms with van der Waals surface area (Å²) in [4.78, 5) is 47.9. The molecule has 4 N–H and O–H groups in total. The number of carbonyl (C=O) groups excluding carboxylic acids is 3. The molecule has 4 atom stereocenters. The second kappa shape index (κ2) is 15.4. The third kappa shape index (κ3) is 9.37. The molecule has 0 saturated carbocycles. The molecule has 0 bridgehead atoms. The lowest BCUT2D eigenvalue weighted by atomic mass is 10.0. The van der Waals surface area contributed by atoms with Crippen molar-refractivity contribution in [1.82, 2.24) is 20.6 Å². The van der Waals surface area contributed by atoms with E-state index in [-0.39, 0.29) is 36.4 Å². The minimum Gasteiger partial charge on any atom is -0.383 e. The van der Waals surface area contributed by atoms with Crippen molar-refractivity contribution in [1.29, 1.82) is 0 Å². The lowest BCUT2D eigenvalue weighted by Crippen LogP contribution is -2.50. The molecule has 2 aromatic rings. The quantitative estimate of drug-likeness (QED) is 0.136. The molecule has 1 aliphatic rings. The molecule has 13 nitrogen and oxygen atoms in total. The SMILES string of the molecule is CCO[P@](=O)(CNC(=O)[C@H](C)NC(C)=O)N1CCC[C@H]1C(=O)N[C@H](CNc1ccc([N+](=O)[O-])cc1)Cc1ccccc1. The second-order valence-electron chi connectivity index (χ2n) is 10.1. The highest BCUT2D eigenvalue weighted by atomic mass is 31.2. The van der Waals surface area contributed by atoms with Gasteiger partial charge in [0.1, 0.15) is 12.3 Å². The number of hydrogen-bond donors (Lipinski definition) is 4. The van der Waals surface area contributed by atoms with Crippen LogP contribution < -0.4 is 21.3 Å². The number of nitrogens with zero attached hydrogens (tertiary/aromatic N) is 2. The molecular formula is C28H39N6O7P. The molecule has 1 saturated heterocycles. The van der Waals surface area contributed by atoms with Crippen molar-refractivity contribution in [2.45, 2.75) is 58.2 Å². The average Bonchev–Trinajstić information content (AvgIpc) is 3.46. The molecule has 1 aliphatic heterocycles. The first kappa shape index (κ1) is 32.7. The van der Waals surface area contributed by atoms with Crippen LogP contribution in [-0.2, 0) is 29.9 Å². The van der Waals surface area contributed by atoms with E-state index in [1.54, 1.807) is 23.7 Å². The van der Waals surface area contributed by atoms with Gasteiger partial charge in [0.15, 0.2) is 0 Å². The maximum absolute atomic E-state index is 14.0. The van der Waals surface area contributed by atoms with Gasteiger partial charge in [-0.25, -0.2) is 4.67 Å². The van der Waals surface area contributed by atoms with Crippen LogP contribution in [0.5, 0.6) is 0 Å². The highest BCUT2D eigenvalue weighted by Crippen LogP contribution is 2.53. The number of non-ortho nitro benzene ring substituents is 1. The van der Waals surface area contributed by atoms with E-state index in [0.29, 0.717) is 38.0 Å². The molecule has 1 heterocycles. The van der Waals surface area contributed by atoms with Gasteiger partial charge in [-0.3, -0.25) is 29.1 Å². The van der Waals surface area contributed by atoms with Gasteiger partial charge in [0.25, 0.3) is 13.2 Å². The van der Waals surface area contributed by atoms with Crippen LogP contribution in [0.4, 0.5) is 11.4 Å². The Morgan fingerprint density at radius 2 is 1.81 bits per heavy atom. The zero-order chi connectivity index (χ0) is 30.7. The van der Waals surface area contributed by atoms with E-state index in [0.717, 1.165) is 5.56 Å². The summed E-state index contributed by atoms with van der Waals surface area (Å²) in [5.74, 6) is -1.18. The van der Waals surface area contributed by atoms with Crippen molar-refractivity contribution < 1.29 is 28.4 Å². The lowest BCUT2D eigenvalue weighted by Gasteiger charge is -2.33. The smallest absolute Gasteiger partial charge is 0.291 e. The van der Waals surface area contributed by atoms with E-state index in [9.17, 15) is 29.1 Å². The van der Waals surface area contributed by atoms with Gasteiger partial charge in [0.05, 0.1) is 23.6 Å². The number of nitro benzene ring substituents is 1. The van der Waals surface area contributed by atoms with Crippen LogP contribution in [0.25, 0.3) is 0 Å². The Bertz CT molecular complexity index is 1280. The minimum absolute atomic E-state index is 0.0181. The lowest BCUT2D eigenvalue weighted by molar-refractivity contribution is -0.384.